The fourth-order valence-electron chi connectivity index (χ4n) is 4.31. The van der Waals surface area contributed by atoms with Crippen molar-refractivity contribution in [3.63, 3.8) is 0 Å². The Bertz CT molecular complexity index is 932. The summed E-state index contributed by atoms with van der Waals surface area (Å²) < 4.78 is 5.93. The molecule has 4 heteroatoms. The number of hydrogen-bond acceptors (Lipinski definition) is 4. The summed E-state index contributed by atoms with van der Waals surface area (Å²) in [6.45, 7) is 7.11. The zero-order chi connectivity index (χ0) is 20.4. The Morgan fingerprint density at radius 2 is 1.90 bits per heavy atom. The van der Waals surface area contributed by atoms with E-state index in [0.717, 1.165) is 41.2 Å². The minimum absolute atomic E-state index is 0.143. The van der Waals surface area contributed by atoms with Crippen molar-refractivity contribution in [3.8, 4) is 5.75 Å². The molecule has 0 saturated heterocycles. The lowest BCUT2D eigenvalue weighted by Gasteiger charge is -2.35. The second-order valence-corrected chi connectivity index (χ2v) is 8.78. The monoisotopic (exact) mass is 390 g/mol. The van der Waals surface area contributed by atoms with Gasteiger partial charge in [-0.1, -0.05) is 57.5 Å². The molecular weight excluding hydrogens is 360 g/mol. The maximum Gasteiger partial charge on any atom is 0.145 e. The molecule has 0 amide bonds. The third-order valence-electron chi connectivity index (χ3n) is 5.69. The molecule has 1 aliphatic heterocycles. The van der Waals surface area contributed by atoms with Gasteiger partial charge in [-0.25, -0.2) is 0 Å². The molecule has 0 unspecified atom stereocenters. The third kappa shape index (κ3) is 4.16. The van der Waals surface area contributed by atoms with Crippen LogP contribution in [0.25, 0.3) is 0 Å². The van der Waals surface area contributed by atoms with Crippen molar-refractivity contribution in [1.29, 1.82) is 0 Å². The molecule has 0 aromatic heterocycles. The van der Waals surface area contributed by atoms with E-state index in [0.29, 0.717) is 13.0 Å². The van der Waals surface area contributed by atoms with Crippen LogP contribution in [0, 0.1) is 11.3 Å². The number of para-hydroxylation sites is 2. The van der Waals surface area contributed by atoms with Gasteiger partial charge in [0, 0.05) is 12.1 Å². The Labute approximate surface area is 173 Å². The molecule has 4 nitrogen and oxygen atoms in total. The summed E-state index contributed by atoms with van der Waals surface area (Å²) in [7, 11) is 0. The summed E-state index contributed by atoms with van der Waals surface area (Å²) in [4.78, 5) is 13.3. The molecule has 2 aliphatic rings. The van der Waals surface area contributed by atoms with Crippen LogP contribution in [0.2, 0.25) is 0 Å². The Morgan fingerprint density at radius 1 is 1.10 bits per heavy atom. The van der Waals surface area contributed by atoms with Gasteiger partial charge >= 0.3 is 0 Å². The van der Waals surface area contributed by atoms with Gasteiger partial charge in [0.25, 0.3) is 0 Å². The van der Waals surface area contributed by atoms with E-state index in [1.165, 1.54) is 0 Å². The first-order valence-corrected chi connectivity index (χ1v) is 10.6. The average molecular weight is 391 g/mol. The standard InChI is InChI=1S/C25H30N2O2/c1-4-5-13-29-18-10-8-9-17(14-18)24-23-21(15-25(2,3)16-22(23)28)26-19-11-6-7-12-20(19)27-24/h6-12,14-15,23-24,26-27H,4-5,13,16H2,1-3H3/t23-,24-/m1/s1. The van der Waals surface area contributed by atoms with E-state index in [1.54, 1.807) is 0 Å². The van der Waals surface area contributed by atoms with Crippen molar-refractivity contribution < 1.29 is 9.53 Å². The summed E-state index contributed by atoms with van der Waals surface area (Å²) in [6, 6.07) is 16.2. The molecule has 0 bridgehead atoms. The minimum Gasteiger partial charge on any atom is -0.494 e. The maximum absolute atomic E-state index is 13.3. The number of rotatable bonds is 5. The van der Waals surface area contributed by atoms with Gasteiger partial charge in [-0.2, -0.15) is 0 Å². The fourth-order valence-corrected chi connectivity index (χ4v) is 4.31. The molecule has 2 N–H and O–H groups in total. The first-order chi connectivity index (χ1) is 14.0. The van der Waals surface area contributed by atoms with Crippen LogP contribution in [0.5, 0.6) is 5.75 Å². The fraction of sp³-hybridized carbons (Fsp3) is 0.400. The maximum atomic E-state index is 13.3. The molecule has 2 atom stereocenters. The smallest absolute Gasteiger partial charge is 0.145 e. The Balaban J connectivity index is 1.75. The second-order valence-electron chi connectivity index (χ2n) is 8.78. The molecule has 0 radical (unpaired) electrons. The molecule has 0 saturated carbocycles. The second kappa shape index (κ2) is 7.94. The molecule has 0 spiro atoms. The summed E-state index contributed by atoms with van der Waals surface area (Å²) >= 11 is 0. The SMILES string of the molecule is CCCCOc1cccc([C@H]2Nc3ccccc3NC3=CC(C)(C)CC(=O)[C@@H]32)c1. The molecule has 152 valence electrons. The number of carbonyl (C=O) groups is 1. The van der Waals surface area contributed by atoms with Gasteiger partial charge in [0.15, 0.2) is 0 Å². The van der Waals surface area contributed by atoms with Crippen LogP contribution in [-0.4, -0.2) is 12.4 Å². The van der Waals surface area contributed by atoms with Crippen molar-refractivity contribution in [3.05, 3.63) is 65.9 Å². The van der Waals surface area contributed by atoms with Crippen LogP contribution in [0.4, 0.5) is 11.4 Å². The molecule has 1 heterocycles. The number of Topliss-reactive ketones (excluding diaryl/α,β-unsaturated/α-hetero) is 1. The highest BCUT2D eigenvalue weighted by atomic mass is 16.5. The Hall–Kier alpha value is -2.75. The van der Waals surface area contributed by atoms with Gasteiger partial charge in [0.2, 0.25) is 0 Å². The van der Waals surface area contributed by atoms with Gasteiger partial charge in [-0.05, 0) is 41.7 Å². The lowest BCUT2D eigenvalue weighted by atomic mass is 9.72. The summed E-state index contributed by atoms with van der Waals surface area (Å²) in [5.74, 6) is 0.876. The van der Waals surface area contributed by atoms with E-state index >= 15 is 0 Å². The zero-order valence-corrected chi connectivity index (χ0v) is 17.5. The van der Waals surface area contributed by atoms with Gasteiger partial charge in [0.1, 0.15) is 11.5 Å². The summed E-state index contributed by atoms with van der Waals surface area (Å²) in [5, 5.41) is 7.20. The largest absolute Gasteiger partial charge is 0.494 e. The predicted octanol–water partition coefficient (Wildman–Crippen LogP) is 5.94. The van der Waals surface area contributed by atoms with E-state index in [9.17, 15) is 4.79 Å². The number of anilines is 2. The first kappa shape index (κ1) is 19.6. The minimum atomic E-state index is -0.249. The van der Waals surface area contributed by atoms with Gasteiger partial charge < -0.3 is 15.4 Å². The topological polar surface area (TPSA) is 50.4 Å². The Morgan fingerprint density at radius 3 is 2.69 bits per heavy atom. The van der Waals surface area contributed by atoms with Crippen molar-refractivity contribution >= 4 is 17.2 Å². The van der Waals surface area contributed by atoms with Crippen LogP contribution in [0.1, 0.15) is 51.6 Å². The summed E-state index contributed by atoms with van der Waals surface area (Å²) in [6.07, 6.45) is 4.92. The number of unbranched alkanes of at least 4 members (excludes halogenated alkanes) is 1. The van der Waals surface area contributed by atoms with Crippen LogP contribution >= 0.6 is 0 Å². The van der Waals surface area contributed by atoms with Crippen molar-refractivity contribution in [2.75, 3.05) is 17.2 Å². The number of benzene rings is 2. The number of allylic oxidation sites excluding steroid dienone is 1. The summed E-state index contributed by atoms with van der Waals surface area (Å²) in [5.41, 5.74) is 3.93. The van der Waals surface area contributed by atoms with Crippen LogP contribution in [-0.2, 0) is 4.79 Å². The van der Waals surface area contributed by atoms with Gasteiger partial charge in [0.05, 0.1) is 29.9 Å². The third-order valence-corrected chi connectivity index (χ3v) is 5.69. The highest BCUT2D eigenvalue weighted by Gasteiger charge is 2.41. The molecule has 4 rings (SSSR count). The zero-order valence-electron chi connectivity index (χ0n) is 17.5. The highest BCUT2D eigenvalue weighted by Crippen LogP contribution is 2.45. The number of carbonyl (C=O) groups excluding carboxylic acids is 1. The Kier molecular flexibility index (Phi) is 5.35. The normalized spacial score (nSPS) is 22.3. The molecule has 29 heavy (non-hydrogen) atoms. The van der Waals surface area contributed by atoms with Crippen molar-refractivity contribution in [1.82, 2.24) is 0 Å². The number of hydrogen-bond donors (Lipinski definition) is 2. The van der Waals surface area contributed by atoms with Crippen LogP contribution < -0.4 is 15.4 Å². The van der Waals surface area contributed by atoms with Crippen LogP contribution in [0.15, 0.2) is 60.3 Å². The van der Waals surface area contributed by atoms with Crippen LogP contribution in [0.3, 0.4) is 0 Å². The lowest BCUT2D eigenvalue weighted by molar-refractivity contribution is -0.124. The first-order valence-electron chi connectivity index (χ1n) is 10.6. The number of ketones is 1. The quantitative estimate of drug-likeness (QED) is 0.620. The van der Waals surface area contributed by atoms with E-state index in [-0.39, 0.29) is 23.2 Å². The molecule has 2 aromatic carbocycles. The molecule has 2 aromatic rings. The lowest BCUT2D eigenvalue weighted by Crippen LogP contribution is -2.36. The molecule has 1 aliphatic carbocycles. The van der Waals surface area contributed by atoms with E-state index < -0.39 is 0 Å². The van der Waals surface area contributed by atoms with E-state index in [1.807, 2.05) is 24.3 Å². The highest BCUT2D eigenvalue weighted by molar-refractivity contribution is 5.90. The number of fused-ring (bicyclic) bond motifs is 2. The van der Waals surface area contributed by atoms with E-state index in [2.05, 4.69) is 61.7 Å². The average Bonchev–Trinajstić information content (AvgIpc) is 2.84. The molecule has 0 fully saturated rings. The number of nitrogens with one attached hydrogen (secondary N) is 2. The van der Waals surface area contributed by atoms with Crippen molar-refractivity contribution in [2.45, 2.75) is 46.1 Å². The number of ether oxygens (including phenoxy) is 1. The van der Waals surface area contributed by atoms with Gasteiger partial charge in [-0.3, -0.25) is 4.79 Å². The molecular formula is C25H30N2O2. The predicted molar refractivity (Wildman–Crippen MR) is 118 cm³/mol. The van der Waals surface area contributed by atoms with Gasteiger partial charge in [-0.15, -0.1) is 0 Å². The van der Waals surface area contributed by atoms with E-state index in [4.69, 9.17) is 4.74 Å². The van der Waals surface area contributed by atoms with Crippen molar-refractivity contribution in [2.24, 2.45) is 11.3 Å².